The van der Waals surface area contributed by atoms with Crippen molar-refractivity contribution in [2.45, 2.75) is 0 Å². The average Bonchev–Trinajstić information content (AvgIpc) is 2.97. The lowest BCUT2D eigenvalue weighted by atomic mass is 9.87. The van der Waals surface area contributed by atoms with E-state index >= 15 is 0 Å². The number of fused-ring (bicyclic) bond motifs is 11. The van der Waals surface area contributed by atoms with Crippen molar-refractivity contribution in [1.29, 1.82) is 0 Å². The molecule has 6 aromatic rings. The number of rotatable bonds is 0. The predicted molar refractivity (Wildman–Crippen MR) is 174 cm³/mol. The van der Waals surface area contributed by atoms with E-state index in [1.807, 2.05) is 0 Å². The summed E-state index contributed by atoms with van der Waals surface area (Å²) in [6.07, 6.45) is 6.78. The van der Waals surface area contributed by atoms with Crippen LogP contribution in [0.5, 0.6) is 0 Å². The number of benzene rings is 6. The summed E-state index contributed by atoms with van der Waals surface area (Å²) in [4.78, 5) is 0. The molecule has 34 heavy (non-hydrogen) atoms. The molecule has 0 aromatic heterocycles. The summed E-state index contributed by atoms with van der Waals surface area (Å²) in [6, 6.07) is 35.3. The van der Waals surface area contributed by atoms with Crippen molar-refractivity contribution in [1.82, 2.24) is 0 Å². The molecule has 0 N–H and O–H groups in total. The smallest absolute Gasteiger partial charge is 0.00139 e. The van der Waals surface area contributed by atoms with Gasteiger partial charge in [0.25, 0.3) is 0 Å². The van der Waals surface area contributed by atoms with Gasteiger partial charge in [0.1, 0.15) is 0 Å². The van der Waals surface area contributed by atoms with Crippen LogP contribution in [0.1, 0.15) is 0 Å². The summed E-state index contributed by atoms with van der Waals surface area (Å²) < 4.78 is 0. The van der Waals surface area contributed by atoms with E-state index in [1.165, 1.54) is 53.9 Å². The molecule has 6 rings (SSSR count). The third-order valence-electron chi connectivity index (χ3n) is 5.62. The van der Waals surface area contributed by atoms with Gasteiger partial charge in [-0.1, -0.05) is 97.1 Å². The molecular weight excluding hydrogens is 489 g/mol. The lowest BCUT2D eigenvalue weighted by Crippen LogP contribution is -1.87. The topological polar surface area (TPSA) is 0 Å². The Labute approximate surface area is 225 Å². The quantitative estimate of drug-likeness (QED) is 0.111. The minimum atomic E-state index is 1.33. The van der Waals surface area contributed by atoms with Gasteiger partial charge < -0.3 is 0 Å². The van der Waals surface area contributed by atoms with E-state index in [0.717, 1.165) is 0 Å². The third kappa shape index (κ3) is 5.16. The Kier molecular flexibility index (Phi) is 12.0. The molecule has 0 aliphatic rings. The zero-order valence-corrected chi connectivity index (χ0v) is 23.6. The average molecular weight is 521 g/mol. The van der Waals surface area contributed by atoms with E-state index in [9.17, 15) is 0 Å². The van der Waals surface area contributed by atoms with Gasteiger partial charge >= 0.3 is 0 Å². The van der Waals surface area contributed by atoms with Gasteiger partial charge in [-0.05, 0) is 78.9 Å². The molecule has 0 heterocycles. The molecule has 0 saturated heterocycles. The van der Waals surface area contributed by atoms with Crippen molar-refractivity contribution >= 4 is 104 Å². The highest BCUT2D eigenvalue weighted by Gasteiger charge is 2.14. The Morgan fingerprint density at radius 1 is 0.265 bits per heavy atom. The molecule has 0 spiro atoms. The van der Waals surface area contributed by atoms with Gasteiger partial charge in [-0.2, -0.15) is 50.5 Å². The summed E-state index contributed by atoms with van der Waals surface area (Å²) in [5.41, 5.74) is 0. The van der Waals surface area contributed by atoms with Crippen molar-refractivity contribution in [3.8, 4) is 0 Å². The Morgan fingerprint density at radius 3 is 0.588 bits per heavy atom. The van der Waals surface area contributed by atoms with Crippen LogP contribution in [0.15, 0.2) is 97.1 Å². The van der Waals surface area contributed by atoms with Crippen molar-refractivity contribution in [3.63, 3.8) is 0 Å². The summed E-state index contributed by atoms with van der Waals surface area (Å²) in [7, 11) is 0. The van der Waals surface area contributed by atoms with Crippen LogP contribution in [0.25, 0.3) is 53.9 Å². The molecule has 0 radical (unpaired) electrons. The second-order valence-corrected chi connectivity index (χ2v) is 6.93. The maximum absolute atomic E-state index is 3.53. The molecule has 0 nitrogen and oxygen atoms in total. The SMILES string of the molecule is CS.CS.CS.CS.c1ccc2c(c1)c1ccccc1c1c3ccccc3c3ccccc3c21. The molecule has 0 aliphatic heterocycles. The normalized spacial score (nSPS) is 9.76. The maximum atomic E-state index is 3.53. The van der Waals surface area contributed by atoms with Crippen LogP contribution in [0.2, 0.25) is 0 Å². The van der Waals surface area contributed by atoms with Gasteiger partial charge in [-0.3, -0.25) is 0 Å². The van der Waals surface area contributed by atoms with Crippen molar-refractivity contribution in [3.05, 3.63) is 97.1 Å². The molecule has 0 bridgehead atoms. The van der Waals surface area contributed by atoms with E-state index in [0.29, 0.717) is 0 Å². The van der Waals surface area contributed by atoms with E-state index in [-0.39, 0.29) is 0 Å². The Morgan fingerprint density at radius 2 is 0.412 bits per heavy atom. The second-order valence-electron chi connectivity index (χ2n) is 6.93. The molecule has 0 saturated carbocycles. The molecule has 6 aromatic carbocycles. The van der Waals surface area contributed by atoms with Crippen molar-refractivity contribution in [2.75, 3.05) is 25.0 Å². The molecule has 0 atom stereocenters. The summed E-state index contributed by atoms with van der Waals surface area (Å²) in [6.45, 7) is 0. The fraction of sp³-hybridized carbons (Fsp3) is 0.133. The van der Waals surface area contributed by atoms with Gasteiger partial charge in [-0.25, -0.2) is 0 Å². The van der Waals surface area contributed by atoms with E-state index in [2.05, 4.69) is 148 Å². The fourth-order valence-electron chi connectivity index (χ4n) is 4.57. The highest BCUT2D eigenvalue weighted by Crippen LogP contribution is 2.43. The first-order chi connectivity index (χ1) is 16.9. The summed E-state index contributed by atoms with van der Waals surface area (Å²) in [5, 5.41) is 13.4. The Hall–Kier alpha value is -1.98. The van der Waals surface area contributed by atoms with Crippen LogP contribution in [-0.4, -0.2) is 25.0 Å². The van der Waals surface area contributed by atoms with Crippen molar-refractivity contribution < 1.29 is 0 Å². The second kappa shape index (κ2) is 14.4. The minimum Gasteiger partial charge on any atom is -0.183 e. The Bertz CT molecular complexity index is 1270. The third-order valence-corrected chi connectivity index (χ3v) is 5.62. The van der Waals surface area contributed by atoms with Crippen LogP contribution < -0.4 is 0 Å². The predicted octanol–water partition coefficient (Wildman–Crippen LogP) is 9.64. The number of thiol groups is 4. The largest absolute Gasteiger partial charge is 0.183 e. The zero-order chi connectivity index (χ0) is 25.1. The molecule has 0 fully saturated rings. The van der Waals surface area contributed by atoms with Crippen molar-refractivity contribution in [2.24, 2.45) is 0 Å². The molecule has 0 unspecified atom stereocenters. The molecular formula is C30H32S4. The van der Waals surface area contributed by atoms with Crippen LogP contribution in [-0.2, 0) is 0 Å². The molecule has 0 aliphatic carbocycles. The van der Waals surface area contributed by atoms with Crippen LogP contribution in [0.4, 0.5) is 0 Å². The Balaban J connectivity index is 0.000000467. The monoisotopic (exact) mass is 520 g/mol. The number of hydrogen-bond acceptors (Lipinski definition) is 4. The highest BCUT2D eigenvalue weighted by atomic mass is 32.1. The summed E-state index contributed by atoms with van der Waals surface area (Å²) >= 11 is 14.1. The fourth-order valence-corrected chi connectivity index (χ4v) is 4.57. The lowest BCUT2D eigenvalue weighted by Gasteiger charge is -2.16. The van der Waals surface area contributed by atoms with Gasteiger partial charge in [-0.15, -0.1) is 0 Å². The molecule has 0 amide bonds. The zero-order valence-electron chi connectivity index (χ0n) is 20.0. The van der Waals surface area contributed by atoms with E-state index in [1.54, 1.807) is 25.0 Å². The van der Waals surface area contributed by atoms with E-state index < -0.39 is 0 Å². The van der Waals surface area contributed by atoms with Crippen LogP contribution in [0, 0.1) is 0 Å². The number of hydrogen-bond donors (Lipinski definition) is 4. The molecule has 4 heteroatoms. The first-order valence-electron chi connectivity index (χ1n) is 10.8. The van der Waals surface area contributed by atoms with Gasteiger partial charge in [0.15, 0.2) is 0 Å². The van der Waals surface area contributed by atoms with Crippen LogP contribution in [0.3, 0.4) is 0 Å². The lowest BCUT2D eigenvalue weighted by molar-refractivity contribution is 1.78. The van der Waals surface area contributed by atoms with Gasteiger partial charge in [0.05, 0.1) is 0 Å². The van der Waals surface area contributed by atoms with E-state index in [4.69, 9.17) is 0 Å². The summed E-state index contributed by atoms with van der Waals surface area (Å²) in [5.74, 6) is 0. The first-order valence-corrected chi connectivity index (χ1v) is 14.4. The first kappa shape index (κ1) is 28.3. The van der Waals surface area contributed by atoms with Crippen LogP contribution >= 0.6 is 50.5 Å². The maximum Gasteiger partial charge on any atom is -0.00139 e. The highest BCUT2D eigenvalue weighted by molar-refractivity contribution is 7.79. The van der Waals surface area contributed by atoms with Gasteiger partial charge in [0, 0.05) is 0 Å². The molecule has 176 valence electrons. The minimum absolute atomic E-state index is 1.33. The standard InChI is InChI=1S/C26H16.4CH4S/c1-5-13-21-17(9-1)18-10-2-6-14-22(18)26-24-16-8-4-12-20(24)19-11-3-7-15-23(19)25(21)26;4*1-2/h1-16H;4*2H,1H3. The van der Waals surface area contributed by atoms with Gasteiger partial charge in [0.2, 0.25) is 0 Å².